The Kier molecular flexibility index (Phi) is 7.09. The van der Waals surface area contributed by atoms with E-state index in [-0.39, 0.29) is 0 Å². The molecule has 3 nitrogen and oxygen atoms in total. The van der Waals surface area contributed by atoms with Gasteiger partial charge in [-0.1, -0.05) is 53.9 Å². The summed E-state index contributed by atoms with van der Waals surface area (Å²) in [4.78, 5) is 0. The Morgan fingerprint density at radius 3 is 2.59 bits per heavy atom. The van der Waals surface area contributed by atoms with Crippen molar-refractivity contribution in [1.82, 2.24) is 9.78 Å². The fourth-order valence-electron chi connectivity index (χ4n) is 9.12. The molecule has 3 heteroatoms. The van der Waals surface area contributed by atoms with Gasteiger partial charge in [0.15, 0.2) is 5.69 Å². The van der Waals surface area contributed by atoms with Crippen LogP contribution in [0.5, 0.6) is 0 Å². The van der Waals surface area contributed by atoms with Gasteiger partial charge in [0.2, 0.25) is 0 Å². The van der Waals surface area contributed by atoms with Gasteiger partial charge < -0.3 is 0 Å². The first-order valence-corrected chi connectivity index (χ1v) is 13.8. The Labute approximate surface area is 197 Å². The molecule has 3 aliphatic carbocycles. The van der Waals surface area contributed by atoms with Crippen LogP contribution in [0.1, 0.15) is 111 Å². The van der Waals surface area contributed by atoms with Gasteiger partial charge in [-0.05, 0) is 104 Å². The van der Waals surface area contributed by atoms with E-state index < -0.39 is 0 Å². The van der Waals surface area contributed by atoms with Gasteiger partial charge in [-0.2, -0.15) is 10.4 Å². The minimum absolute atomic E-state index is 0.500. The smallest absolute Gasteiger partial charge is 0.162 e. The molecule has 1 heterocycles. The molecule has 3 aliphatic rings. The van der Waals surface area contributed by atoms with E-state index in [1.807, 2.05) is 16.9 Å². The van der Waals surface area contributed by atoms with Crippen LogP contribution in [0.3, 0.4) is 0 Å². The lowest BCUT2D eigenvalue weighted by Crippen LogP contribution is -2.50. The van der Waals surface area contributed by atoms with Crippen molar-refractivity contribution < 1.29 is 0 Å². The summed E-state index contributed by atoms with van der Waals surface area (Å²) in [5.41, 5.74) is 1.63. The van der Waals surface area contributed by atoms with Gasteiger partial charge in [-0.25, -0.2) is 0 Å². The Balaban J connectivity index is 1.49. The maximum absolute atomic E-state index is 9.12. The van der Waals surface area contributed by atoms with Crippen LogP contribution in [0.4, 0.5) is 0 Å². The first kappa shape index (κ1) is 23.8. The molecule has 1 aromatic heterocycles. The van der Waals surface area contributed by atoms with Crippen LogP contribution in [0.15, 0.2) is 12.3 Å². The highest BCUT2D eigenvalue weighted by molar-refractivity contribution is 5.16. The minimum atomic E-state index is 0.500. The third-order valence-corrected chi connectivity index (χ3v) is 10.6. The van der Waals surface area contributed by atoms with Gasteiger partial charge in [-0.15, -0.1) is 0 Å². The molecule has 0 N–H and O–H groups in total. The highest BCUT2D eigenvalue weighted by atomic mass is 15.3. The van der Waals surface area contributed by atoms with E-state index in [0.29, 0.717) is 22.4 Å². The Morgan fingerprint density at radius 1 is 1.12 bits per heavy atom. The van der Waals surface area contributed by atoms with E-state index in [2.05, 4.69) is 45.8 Å². The number of nitriles is 1. The molecular weight excluding hydrogens is 390 g/mol. The first-order valence-electron chi connectivity index (χ1n) is 13.8. The molecule has 0 radical (unpaired) electrons. The molecule has 4 rings (SSSR count). The van der Waals surface area contributed by atoms with Crippen molar-refractivity contribution in [2.24, 2.45) is 46.3 Å². The number of rotatable bonds is 8. The predicted molar refractivity (Wildman–Crippen MR) is 132 cm³/mol. The van der Waals surface area contributed by atoms with Gasteiger partial charge in [0.1, 0.15) is 6.07 Å². The SMILES string of the molecule is CCCC[C@@]1(C)CCC2C(CCC3(C)C(C(C)Cn4ccc(C#N)n4)CCC23)C1CCC. The summed E-state index contributed by atoms with van der Waals surface area (Å²) < 4.78 is 2.02. The highest BCUT2D eigenvalue weighted by Gasteiger charge is 2.58. The second kappa shape index (κ2) is 9.52. The van der Waals surface area contributed by atoms with E-state index >= 15 is 0 Å². The van der Waals surface area contributed by atoms with Crippen LogP contribution in [-0.2, 0) is 6.54 Å². The third-order valence-electron chi connectivity index (χ3n) is 10.6. The second-order valence-corrected chi connectivity index (χ2v) is 12.4. The lowest BCUT2D eigenvalue weighted by atomic mass is 9.47. The van der Waals surface area contributed by atoms with Crippen molar-refractivity contribution in [3.05, 3.63) is 18.0 Å². The average Bonchev–Trinajstić information content (AvgIpc) is 3.38. The molecule has 178 valence electrons. The lowest BCUT2D eigenvalue weighted by Gasteiger charge is -2.58. The summed E-state index contributed by atoms with van der Waals surface area (Å²) >= 11 is 0. The minimum Gasteiger partial charge on any atom is -0.271 e. The van der Waals surface area contributed by atoms with Crippen molar-refractivity contribution in [3.8, 4) is 6.07 Å². The molecule has 0 bridgehead atoms. The third kappa shape index (κ3) is 4.17. The largest absolute Gasteiger partial charge is 0.271 e. The number of nitrogens with zero attached hydrogens (tertiary/aromatic N) is 3. The summed E-state index contributed by atoms with van der Waals surface area (Å²) in [6.45, 7) is 13.5. The lowest BCUT2D eigenvalue weighted by molar-refractivity contribution is -0.0913. The quantitative estimate of drug-likeness (QED) is 0.415. The van der Waals surface area contributed by atoms with Gasteiger partial charge in [0, 0.05) is 12.7 Å². The topological polar surface area (TPSA) is 41.6 Å². The molecular formula is C29H47N3. The number of hydrogen-bond donors (Lipinski definition) is 0. The van der Waals surface area contributed by atoms with Crippen molar-refractivity contribution in [3.63, 3.8) is 0 Å². The molecule has 0 amide bonds. The normalized spacial score (nSPS) is 39.8. The van der Waals surface area contributed by atoms with Crippen LogP contribution in [0.2, 0.25) is 0 Å². The van der Waals surface area contributed by atoms with Crippen molar-refractivity contribution in [2.75, 3.05) is 0 Å². The zero-order valence-electron chi connectivity index (χ0n) is 21.4. The molecule has 3 fully saturated rings. The van der Waals surface area contributed by atoms with Gasteiger partial charge in [-0.3, -0.25) is 4.68 Å². The number of hydrogen-bond acceptors (Lipinski definition) is 2. The Morgan fingerprint density at radius 2 is 1.91 bits per heavy atom. The van der Waals surface area contributed by atoms with Crippen LogP contribution < -0.4 is 0 Å². The van der Waals surface area contributed by atoms with Gasteiger partial charge >= 0.3 is 0 Å². The molecule has 1 aromatic rings. The summed E-state index contributed by atoms with van der Waals surface area (Å²) in [5.74, 6) is 5.23. The number of fused-ring (bicyclic) bond motifs is 3. The standard InChI is InChI=1S/C29H47N3/c1-6-8-15-28(4)16-12-24-23(26(28)9-7-2)13-17-29(5)25(10-11-27(24)29)21(3)20-32-18-14-22(19-30)31-32/h14,18,21,23-27H,6-13,15-17,20H2,1-5H3/t21?,23?,24?,25?,26?,27?,28-,29?/m0/s1. The van der Waals surface area contributed by atoms with E-state index in [1.54, 1.807) is 0 Å². The molecule has 32 heavy (non-hydrogen) atoms. The molecule has 3 saturated carbocycles. The van der Waals surface area contributed by atoms with Gasteiger partial charge in [0.05, 0.1) is 0 Å². The fraction of sp³-hybridized carbons (Fsp3) is 0.862. The second-order valence-electron chi connectivity index (χ2n) is 12.4. The molecule has 0 spiro atoms. The average molecular weight is 438 g/mol. The van der Waals surface area contributed by atoms with Crippen molar-refractivity contribution >= 4 is 0 Å². The molecule has 7 unspecified atom stereocenters. The molecule has 0 aromatic carbocycles. The molecule has 8 atom stereocenters. The Hall–Kier alpha value is -1.30. The molecule has 0 saturated heterocycles. The van der Waals surface area contributed by atoms with Crippen LogP contribution >= 0.6 is 0 Å². The fourth-order valence-corrected chi connectivity index (χ4v) is 9.12. The first-order chi connectivity index (χ1) is 15.4. The summed E-state index contributed by atoms with van der Waals surface area (Å²) in [7, 11) is 0. The number of aromatic nitrogens is 2. The maximum atomic E-state index is 9.12. The summed E-state index contributed by atoms with van der Waals surface area (Å²) in [6, 6.07) is 4.03. The maximum Gasteiger partial charge on any atom is 0.162 e. The zero-order valence-corrected chi connectivity index (χ0v) is 21.4. The van der Waals surface area contributed by atoms with Crippen LogP contribution in [0, 0.1) is 57.7 Å². The Bertz CT molecular complexity index is 806. The van der Waals surface area contributed by atoms with E-state index in [1.165, 1.54) is 70.6 Å². The monoisotopic (exact) mass is 437 g/mol. The van der Waals surface area contributed by atoms with Crippen LogP contribution in [-0.4, -0.2) is 9.78 Å². The van der Waals surface area contributed by atoms with Crippen molar-refractivity contribution in [2.45, 2.75) is 112 Å². The summed E-state index contributed by atoms with van der Waals surface area (Å²) in [6.07, 6.45) is 17.7. The van der Waals surface area contributed by atoms with E-state index in [9.17, 15) is 0 Å². The zero-order chi connectivity index (χ0) is 22.9. The van der Waals surface area contributed by atoms with Crippen LogP contribution in [0.25, 0.3) is 0 Å². The molecule has 0 aliphatic heterocycles. The predicted octanol–water partition coefficient (Wildman–Crippen LogP) is 7.86. The summed E-state index contributed by atoms with van der Waals surface area (Å²) in [5, 5.41) is 13.6. The van der Waals surface area contributed by atoms with E-state index in [0.717, 1.165) is 36.1 Å². The van der Waals surface area contributed by atoms with E-state index in [4.69, 9.17) is 5.26 Å². The van der Waals surface area contributed by atoms with Gasteiger partial charge in [0.25, 0.3) is 0 Å². The highest BCUT2D eigenvalue weighted by Crippen LogP contribution is 2.66. The van der Waals surface area contributed by atoms with Crippen molar-refractivity contribution in [1.29, 1.82) is 5.26 Å². The number of unbranched alkanes of at least 4 members (excludes halogenated alkanes) is 1.